The Labute approximate surface area is 143 Å². The van der Waals surface area contributed by atoms with E-state index in [2.05, 4.69) is 19.7 Å². The van der Waals surface area contributed by atoms with Crippen LogP contribution in [0.25, 0.3) is 0 Å². The molecule has 10 heteroatoms. The summed E-state index contributed by atoms with van der Waals surface area (Å²) in [5.74, 6) is 0. The molecule has 1 aromatic carbocycles. The van der Waals surface area contributed by atoms with E-state index in [1.165, 1.54) is 25.2 Å². The van der Waals surface area contributed by atoms with Crippen molar-refractivity contribution in [3.63, 3.8) is 0 Å². The summed E-state index contributed by atoms with van der Waals surface area (Å²) in [6.45, 7) is 6.16. The van der Waals surface area contributed by atoms with Crippen LogP contribution in [0.4, 0.5) is 0 Å². The first-order valence-electron chi connectivity index (χ1n) is 7.73. The molecule has 1 heterocycles. The molecule has 1 fully saturated rings. The van der Waals surface area contributed by atoms with Gasteiger partial charge in [-0.3, -0.25) is 4.90 Å². The van der Waals surface area contributed by atoms with Gasteiger partial charge in [-0.1, -0.05) is 0 Å². The molecule has 136 valence electrons. The molecule has 0 bridgehead atoms. The van der Waals surface area contributed by atoms with E-state index in [0.717, 1.165) is 26.2 Å². The number of hydrogen-bond acceptors (Lipinski definition) is 6. The number of hydrogen-bond donors (Lipinski definition) is 3. The lowest BCUT2D eigenvalue weighted by atomic mass is 10.2. The van der Waals surface area contributed by atoms with Crippen molar-refractivity contribution >= 4 is 20.0 Å². The van der Waals surface area contributed by atoms with Gasteiger partial charge in [-0.05, 0) is 37.7 Å². The summed E-state index contributed by atoms with van der Waals surface area (Å²) in [5.41, 5.74) is 0.384. The monoisotopic (exact) mass is 376 g/mol. The maximum Gasteiger partial charge on any atom is 0.240 e. The molecule has 1 aliphatic rings. The van der Waals surface area contributed by atoms with Crippen LogP contribution in [0.5, 0.6) is 0 Å². The van der Waals surface area contributed by atoms with E-state index in [0.29, 0.717) is 18.7 Å². The van der Waals surface area contributed by atoms with Gasteiger partial charge < -0.3 is 5.32 Å². The number of rotatable bonds is 7. The molecular weight excluding hydrogens is 352 g/mol. The van der Waals surface area contributed by atoms with E-state index in [-0.39, 0.29) is 9.79 Å². The van der Waals surface area contributed by atoms with E-state index in [1.807, 2.05) is 0 Å². The predicted octanol–water partition coefficient (Wildman–Crippen LogP) is -0.913. The second-order valence-corrected chi connectivity index (χ2v) is 9.25. The lowest BCUT2D eigenvalue weighted by Gasteiger charge is -2.27. The summed E-state index contributed by atoms with van der Waals surface area (Å²) >= 11 is 0. The van der Waals surface area contributed by atoms with Crippen LogP contribution in [-0.2, 0) is 20.0 Å². The summed E-state index contributed by atoms with van der Waals surface area (Å²) < 4.78 is 53.2. The van der Waals surface area contributed by atoms with Crippen molar-refractivity contribution < 1.29 is 16.8 Å². The lowest BCUT2D eigenvalue weighted by molar-refractivity contribution is 0.245. The molecule has 0 radical (unpaired) electrons. The molecule has 0 amide bonds. The predicted molar refractivity (Wildman–Crippen MR) is 91.9 cm³/mol. The highest BCUT2D eigenvalue weighted by molar-refractivity contribution is 7.90. The summed E-state index contributed by atoms with van der Waals surface area (Å²) in [5, 5.41) is 3.24. The molecule has 24 heavy (non-hydrogen) atoms. The van der Waals surface area contributed by atoms with Crippen LogP contribution in [0.1, 0.15) is 5.56 Å². The quantitative estimate of drug-likeness (QED) is 0.569. The molecule has 0 atom stereocenters. The number of piperazine rings is 1. The third-order valence-corrected chi connectivity index (χ3v) is 6.98. The topological polar surface area (TPSA) is 108 Å². The first-order valence-corrected chi connectivity index (χ1v) is 10.7. The van der Waals surface area contributed by atoms with Crippen molar-refractivity contribution in [2.45, 2.75) is 16.7 Å². The van der Waals surface area contributed by atoms with E-state index >= 15 is 0 Å². The average Bonchev–Trinajstić information content (AvgIpc) is 2.55. The smallest absolute Gasteiger partial charge is 0.240 e. The van der Waals surface area contributed by atoms with Gasteiger partial charge in [-0.2, -0.15) is 0 Å². The summed E-state index contributed by atoms with van der Waals surface area (Å²) in [7, 11) is -5.94. The summed E-state index contributed by atoms with van der Waals surface area (Å²) in [6, 6.07) is 3.99. The van der Waals surface area contributed by atoms with Crippen molar-refractivity contribution in [1.29, 1.82) is 0 Å². The zero-order valence-corrected chi connectivity index (χ0v) is 15.5. The van der Waals surface area contributed by atoms with E-state index in [1.54, 1.807) is 6.92 Å². The molecule has 0 unspecified atom stereocenters. The standard InChI is InChI=1S/C14H24N4O4S2/c1-12-11-13(3-4-14(12)24(21,22)15-2)23(19,20)17-7-10-18-8-5-16-6-9-18/h3-4,11,15-17H,5-10H2,1-2H3. The van der Waals surface area contributed by atoms with Gasteiger partial charge in [-0.15, -0.1) is 0 Å². The fourth-order valence-electron chi connectivity index (χ4n) is 2.56. The Bertz CT molecular complexity index is 772. The Balaban J connectivity index is 2.05. The minimum Gasteiger partial charge on any atom is -0.314 e. The number of sulfonamides is 2. The SMILES string of the molecule is CNS(=O)(=O)c1ccc(S(=O)(=O)NCCN2CCNCC2)cc1C. The van der Waals surface area contributed by atoms with Crippen molar-refractivity contribution in [1.82, 2.24) is 19.7 Å². The van der Waals surface area contributed by atoms with Crippen LogP contribution in [0, 0.1) is 6.92 Å². The van der Waals surface area contributed by atoms with Crippen molar-refractivity contribution in [2.24, 2.45) is 0 Å². The minimum atomic E-state index is -3.66. The molecule has 0 saturated carbocycles. The first kappa shape index (κ1) is 19.3. The highest BCUT2D eigenvalue weighted by atomic mass is 32.2. The molecule has 1 aromatic rings. The van der Waals surface area contributed by atoms with Crippen LogP contribution in [0.2, 0.25) is 0 Å². The lowest BCUT2D eigenvalue weighted by Crippen LogP contribution is -2.46. The molecule has 3 N–H and O–H groups in total. The van der Waals surface area contributed by atoms with Crippen LogP contribution in [0.3, 0.4) is 0 Å². The van der Waals surface area contributed by atoms with Crippen LogP contribution >= 0.6 is 0 Å². The van der Waals surface area contributed by atoms with Crippen molar-refractivity contribution in [3.05, 3.63) is 23.8 Å². The zero-order valence-electron chi connectivity index (χ0n) is 13.9. The molecule has 0 aromatic heterocycles. The Kier molecular flexibility index (Phi) is 6.34. The highest BCUT2D eigenvalue weighted by Gasteiger charge is 2.20. The van der Waals surface area contributed by atoms with Crippen LogP contribution < -0.4 is 14.8 Å². The first-order chi connectivity index (χ1) is 11.3. The number of aryl methyl sites for hydroxylation is 1. The van der Waals surface area contributed by atoms with Gasteiger partial charge in [0.2, 0.25) is 20.0 Å². The number of nitrogens with one attached hydrogen (secondary N) is 3. The maximum absolute atomic E-state index is 12.3. The fourth-order valence-corrected chi connectivity index (χ4v) is 4.61. The Morgan fingerprint density at radius 1 is 1.12 bits per heavy atom. The van der Waals surface area contributed by atoms with Crippen LogP contribution in [-0.4, -0.2) is 68.1 Å². The van der Waals surface area contributed by atoms with Gasteiger partial charge in [0.05, 0.1) is 9.79 Å². The Morgan fingerprint density at radius 3 is 2.38 bits per heavy atom. The van der Waals surface area contributed by atoms with Gasteiger partial charge in [0.1, 0.15) is 0 Å². The molecule has 0 spiro atoms. The largest absolute Gasteiger partial charge is 0.314 e. The average molecular weight is 377 g/mol. The third kappa shape index (κ3) is 4.74. The van der Waals surface area contributed by atoms with E-state index < -0.39 is 20.0 Å². The Hall–Kier alpha value is -1.04. The van der Waals surface area contributed by atoms with Gasteiger partial charge in [-0.25, -0.2) is 26.3 Å². The molecule has 2 rings (SSSR count). The minimum absolute atomic E-state index is 0.0652. The van der Waals surface area contributed by atoms with Gasteiger partial charge >= 0.3 is 0 Å². The molecule has 8 nitrogen and oxygen atoms in total. The van der Waals surface area contributed by atoms with Crippen LogP contribution in [0.15, 0.2) is 28.0 Å². The maximum atomic E-state index is 12.3. The second-order valence-electron chi connectivity index (χ2n) is 5.62. The van der Waals surface area contributed by atoms with Gasteiger partial charge in [0.25, 0.3) is 0 Å². The molecule has 0 aliphatic carbocycles. The zero-order chi connectivity index (χ0) is 17.8. The normalized spacial score (nSPS) is 17.1. The molecule has 1 saturated heterocycles. The summed E-state index contributed by atoms with van der Waals surface area (Å²) in [4.78, 5) is 2.33. The third-order valence-electron chi connectivity index (χ3n) is 3.94. The number of nitrogens with zero attached hydrogens (tertiary/aromatic N) is 1. The summed E-state index contributed by atoms with van der Waals surface area (Å²) in [6.07, 6.45) is 0. The van der Waals surface area contributed by atoms with E-state index in [9.17, 15) is 16.8 Å². The molecular formula is C14H24N4O4S2. The van der Waals surface area contributed by atoms with Crippen molar-refractivity contribution in [2.75, 3.05) is 46.3 Å². The van der Waals surface area contributed by atoms with Gasteiger partial charge in [0, 0.05) is 39.3 Å². The molecule has 1 aliphatic heterocycles. The van der Waals surface area contributed by atoms with Gasteiger partial charge in [0.15, 0.2) is 0 Å². The van der Waals surface area contributed by atoms with E-state index in [4.69, 9.17) is 0 Å². The fraction of sp³-hybridized carbons (Fsp3) is 0.571. The highest BCUT2D eigenvalue weighted by Crippen LogP contribution is 2.19. The van der Waals surface area contributed by atoms with Crippen molar-refractivity contribution in [3.8, 4) is 0 Å². The Morgan fingerprint density at radius 2 is 1.79 bits per heavy atom. The second kappa shape index (κ2) is 7.89. The number of benzene rings is 1.